The molecule has 0 saturated carbocycles. The number of urea groups is 1. The summed E-state index contributed by atoms with van der Waals surface area (Å²) in [5, 5.41) is 13.9. The predicted molar refractivity (Wildman–Crippen MR) is 71.2 cm³/mol. The first-order chi connectivity index (χ1) is 9.04. The Labute approximate surface area is 112 Å². The molecule has 3 amide bonds. The lowest BCUT2D eigenvalue weighted by molar-refractivity contribution is -0.123. The molecule has 1 aromatic rings. The lowest BCUT2D eigenvalue weighted by Crippen LogP contribution is -2.45. The number of carbonyl (C=O) groups excluding carboxylic acids is 2. The lowest BCUT2D eigenvalue weighted by Gasteiger charge is -2.20. The molecule has 2 atom stereocenters. The highest BCUT2D eigenvalue weighted by Gasteiger charge is 2.22. The second-order valence-electron chi connectivity index (χ2n) is 4.27. The van der Waals surface area contributed by atoms with E-state index in [9.17, 15) is 9.59 Å². The van der Waals surface area contributed by atoms with Crippen molar-refractivity contribution in [3.63, 3.8) is 0 Å². The summed E-state index contributed by atoms with van der Waals surface area (Å²) < 4.78 is 0. The van der Waals surface area contributed by atoms with Gasteiger partial charge in [0.1, 0.15) is 6.04 Å². The molecule has 0 bridgehead atoms. The van der Waals surface area contributed by atoms with Crippen LogP contribution < -0.4 is 16.4 Å². The van der Waals surface area contributed by atoms with Crippen molar-refractivity contribution >= 4 is 11.9 Å². The van der Waals surface area contributed by atoms with Crippen molar-refractivity contribution in [2.45, 2.75) is 25.4 Å². The van der Waals surface area contributed by atoms with Crippen LogP contribution in [0.1, 0.15) is 24.9 Å². The number of benzene rings is 1. The van der Waals surface area contributed by atoms with E-state index in [-0.39, 0.29) is 18.6 Å². The van der Waals surface area contributed by atoms with Crippen molar-refractivity contribution in [3.8, 4) is 0 Å². The maximum Gasteiger partial charge on any atom is 0.313 e. The molecule has 0 radical (unpaired) electrons. The molecular formula is C13H19N3O3. The van der Waals surface area contributed by atoms with Crippen molar-refractivity contribution in [3.05, 3.63) is 35.9 Å². The highest BCUT2D eigenvalue weighted by Crippen LogP contribution is 2.13. The quantitative estimate of drug-likeness (QED) is 0.594. The molecule has 1 rings (SSSR count). The molecule has 0 saturated heterocycles. The van der Waals surface area contributed by atoms with Crippen LogP contribution in [0.25, 0.3) is 0 Å². The van der Waals surface area contributed by atoms with E-state index in [0.29, 0.717) is 12.0 Å². The van der Waals surface area contributed by atoms with Crippen LogP contribution in [0.5, 0.6) is 0 Å². The van der Waals surface area contributed by atoms with Crippen LogP contribution in [0.3, 0.4) is 0 Å². The summed E-state index contributed by atoms with van der Waals surface area (Å²) in [7, 11) is 0. The van der Waals surface area contributed by atoms with Gasteiger partial charge >= 0.3 is 6.03 Å². The summed E-state index contributed by atoms with van der Waals surface area (Å²) in [5.74, 6) is -0.356. The van der Waals surface area contributed by atoms with Crippen molar-refractivity contribution in [1.29, 1.82) is 0 Å². The number of nitrogens with one attached hydrogen (secondary N) is 2. The Morgan fingerprint density at radius 2 is 1.89 bits per heavy atom. The van der Waals surface area contributed by atoms with Gasteiger partial charge in [0.15, 0.2) is 0 Å². The normalized spacial score (nSPS) is 13.4. The summed E-state index contributed by atoms with van der Waals surface area (Å²) in [5.41, 5.74) is 5.74. The predicted octanol–water partition coefficient (Wildman–Crippen LogP) is 0.283. The Morgan fingerprint density at radius 3 is 2.42 bits per heavy atom. The Bertz CT molecular complexity index is 422. The molecule has 0 spiro atoms. The standard InChI is InChI=1S/C13H19N3O3/c1-9(7-8-17)15-12(18)11(16-13(14)19)10-5-3-2-4-6-10/h2-6,9,11,17H,7-8H2,1H3,(H,15,18)(H3,14,16,19). The van der Waals surface area contributed by atoms with E-state index in [2.05, 4.69) is 10.6 Å². The fourth-order valence-electron chi connectivity index (χ4n) is 1.68. The topological polar surface area (TPSA) is 104 Å². The largest absolute Gasteiger partial charge is 0.396 e. The van der Waals surface area contributed by atoms with E-state index in [1.807, 2.05) is 6.07 Å². The van der Waals surface area contributed by atoms with Gasteiger partial charge in [-0.15, -0.1) is 0 Å². The minimum Gasteiger partial charge on any atom is -0.396 e. The van der Waals surface area contributed by atoms with Gasteiger partial charge in [0.25, 0.3) is 0 Å². The van der Waals surface area contributed by atoms with E-state index in [1.54, 1.807) is 31.2 Å². The zero-order valence-corrected chi connectivity index (χ0v) is 10.8. The van der Waals surface area contributed by atoms with Crippen LogP contribution in [-0.2, 0) is 4.79 Å². The first-order valence-corrected chi connectivity index (χ1v) is 6.06. The average molecular weight is 265 g/mol. The molecule has 104 valence electrons. The van der Waals surface area contributed by atoms with Gasteiger partial charge in [0.2, 0.25) is 5.91 Å². The monoisotopic (exact) mass is 265 g/mol. The first kappa shape index (κ1) is 15.0. The smallest absolute Gasteiger partial charge is 0.313 e. The fourth-order valence-corrected chi connectivity index (χ4v) is 1.68. The molecule has 0 aliphatic heterocycles. The maximum atomic E-state index is 12.1. The van der Waals surface area contributed by atoms with Gasteiger partial charge in [0.05, 0.1) is 0 Å². The summed E-state index contributed by atoms with van der Waals surface area (Å²) in [6.45, 7) is 1.77. The van der Waals surface area contributed by atoms with Crippen molar-refractivity contribution in [2.24, 2.45) is 5.73 Å². The van der Waals surface area contributed by atoms with Gasteiger partial charge in [-0.25, -0.2) is 4.79 Å². The van der Waals surface area contributed by atoms with E-state index in [4.69, 9.17) is 10.8 Å². The Kier molecular flexibility index (Phi) is 5.81. The summed E-state index contributed by atoms with van der Waals surface area (Å²) in [4.78, 5) is 23.1. The lowest BCUT2D eigenvalue weighted by atomic mass is 10.1. The van der Waals surface area contributed by atoms with Crippen LogP contribution in [0.15, 0.2) is 30.3 Å². The highest BCUT2D eigenvalue weighted by molar-refractivity contribution is 5.87. The number of hydrogen-bond acceptors (Lipinski definition) is 3. The van der Waals surface area contributed by atoms with E-state index in [1.165, 1.54) is 0 Å². The molecule has 0 fully saturated rings. The van der Waals surface area contributed by atoms with Crippen molar-refractivity contribution in [2.75, 3.05) is 6.61 Å². The van der Waals surface area contributed by atoms with Crippen molar-refractivity contribution in [1.82, 2.24) is 10.6 Å². The van der Waals surface area contributed by atoms with Crippen LogP contribution in [-0.4, -0.2) is 29.7 Å². The number of primary amides is 1. The number of rotatable bonds is 6. The van der Waals surface area contributed by atoms with Crippen LogP contribution in [0.4, 0.5) is 4.79 Å². The zero-order valence-electron chi connectivity index (χ0n) is 10.8. The van der Waals surface area contributed by atoms with E-state index >= 15 is 0 Å². The number of aliphatic hydroxyl groups excluding tert-OH is 1. The number of aliphatic hydroxyl groups is 1. The molecular weight excluding hydrogens is 246 g/mol. The third kappa shape index (κ3) is 4.97. The molecule has 0 aliphatic rings. The summed E-state index contributed by atoms with van der Waals surface area (Å²) in [6.07, 6.45) is 0.448. The highest BCUT2D eigenvalue weighted by atomic mass is 16.3. The van der Waals surface area contributed by atoms with Crippen LogP contribution in [0, 0.1) is 0 Å². The van der Waals surface area contributed by atoms with E-state index in [0.717, 1.165) is 0 Å². The molecule has 6 nitrogen and oxygen atoms in total. The van der Waals surface area contributed by atoms with Gasteiger partial charge in [-0.05, 0) is 18.9 Å². The van der Waals surface area contributed by atoms with Gasteiger partial charge < -0.3 is 21.5 Å². The minimum absolute atomic E-state index is 0.0132. The number of hydrogen-bond donors (Lipinski definition) is 4. The van der Waals surface area contributed by atoms with E-state index < -0.39 is 12.1 Å². The third-order valence-electron chi connectivity index (χ3n) is 2.63. The third-order valence-corrected chi connectivity index (χ3v) is 2.63. The second-order valence-corrected chi connectivity index (χ2v) is 4.27. The van der Waals surface area contributed by atoms with Gasteiger partial charge in [-0.2, -0.15) is 0 Å². The van der Waals surface area contributed by atoms with Gasteiger partial charge in [-0.1, -0.05) is 30.3 Å². The molecule has 0 aliphatic carbocycles. The minimum atomic E-state index is -0.833. The molecule has 1 aromatic carbocycles. The maximum absolute atomic E-state index is 12.1. The Hall–Kier alpha value is -2.08. The fraction of sp³-hybridized carbons (Fsp3) is 0.385. The Balaban J connectivity index is 2.80. The van der Waals surface area contributed by atoms with Crippen LogP contribution >= 0.6 is 0 Å². The SMILES string of the molecule is CC(CCO)NC(=O)C(NC(N)=O)c1ccccc1. The average Bonchev–Trinajstić information content (AvgIpc) is 2.37. The molecule has 2 unspecified atom stereocenters. The first-order valence-electron chi connectivity index (χ1n) is 6.06. The number of nitrogens with two attached hydrogens (primary N) is 1. The zero-order chi connectivity index (χ0) is 14.3. The van der Waals surface area contributed by atoms with Gasteiger partial charge in [-0.3, -0.25) is 4.79 Å². The molecule has 19 heavy (non-hydrogen) atoms. The molecule has 0 aromatic heterocycles. The second kappa shape index (κ2) is 7.38. The summed E-state index contributed by atoms with van der Waals surface area (Å²) >= 11 is 0. The summed E-state index contributed by atoms with van der Waals surface area (Å²) in [6, 6.07) is 7.05. The van der Waals surface area contributed by atoms with Gasteiger partial charge in [0, 0.05) is 12.6 Å². The number of carbonyl (C=O) groups is 2. The number of amides is 3. The molecule has 0 heterocycles. The van der Waals surface area contributed by atoms with Crippen molar-refractivity contribution < 1.29 is 14.7 Å². The Morgan fingerprint density at radius 1 is 1.26 bits per heavy atom. The molecule has 6 heteroatoms. The molecule has 5 N–H and O–H groups in total. The van der Waals surface area contributed by atoms with Crippen LogP contribution in [0.2, 0.25) is 0 Å².